The third-order valence-electron chi connectivity index (χ3n) is 3.99. The number of amides is 1. The highest BCUT2D eigenvalue weighted by molar-refractivity contribution is 8.00. The van der Waals surface area contributed by atoms with Gasteiger partial charge in [-0.25, -0.2) is 9.89 Å². The molecule has 1 aliphatic rings. The fourth-order valence-electron chi connectivity index (χ4n) is 2.52. The fourth-order valence-corrected chi connectivity index (χ4v) is 3.65. The molecule has 1 amide bonds. The molecule has 0 spiro atoms. The van der Waals surface area contributed by atoms with Crippen LogP contribution in [0.5, 0.6) is 0 Å². The van der Waals surface area contributed by atoms with Gasteiger partial charge < -0.3 is 5.32 Å². The van der Waals surface area contributed by atoms with Crippen LogP contribution in [0, 0.1) is 5.92 Å². The zero-order valence-electron chi connectivity index (χ0n) is 13.9. The van der Waals surface area contributed by atoms with E-state index in [4.69, 9.17) is 0 Å². The Labute approximate surface area is 145 Å². The molecule has 1 aromatic carbocycles. The molecule has 2 N–H and O–H groups in total. The van der Waals surface area contributed by atoms with Crippen molar-refractivity contribution in [2.75, 3.05) is 0 Å². The van der Waals surface area contributed by atoms with Gasteiger partial charge in [-0.15, -0.1) is 5.10 Å². The molecular weight excluding hydrogens is 324 g/mol. The molecule has 2 aromatic rings. The lowest BCUT2D eigenvalue weighted by Gasteiger charge is -2.19. The lowest BCUT2D eigenvalue weighted by molar-refractivity contribution is -0.121. The van der Waals surface area contributed by atoms with Crippen LogP contribution in [0.1, 0.15) is 38.3 Å². The number of carbonyl (C=O) groups is 1. The third-order valence-corrected chi connectivity index (χ3v) is 5.50. The van der Waals surface area contributed by atoms with E-state index in [2.05, 4.69) is 15.5 Å². The number of hydrogen-bond donors (Lipinski definition) is 2. The van der Waals surface area contributed by atoms with Crippen molar-refractivity contribution < 1.29 is 4.79 Å². The number of benzene rings is 1. The van der Waals surface area contributed by atoms with Crippen LogP contribution in [-0.4, -0.2) is 25.9 Å². The average molecular weight is 346 g/mol. The average Bonchev–Trinajstić information content (AvgIpc) is 3.34. The van der Waals surface area contributed by atoms with Gasteiger partial charge in [-0.05, 0) is 24.3 Å². The minimum Gasteiger partial charge on any atom is -0.351 e. The van der Waals surface area contributed by atoms with Crippen molar-refractivity contribution >= 4 is 17.7 Å². The number of thioether (sulfide) groups is 1. The summed E-state index contributed by atoms with van der Waals surface area (Å²) >= 11 is 1.36. The van der Waals surface area contributed by atoms with Gasteiger partial charge >= 0.3 is 5.69 Å². The molecule has 1 aliphatic carbocycles. The number of rotatable bonds is 7. The molecule has 3 rings (SSSR count). The van der Waals surface area contributed by atoms with Gasteiger partial charge in [-0.2, -0.15) is 0 Å². The second-order valence-electron chi connectivity index (χ2n) is 6.40. The Morgan fingerprint density at radius 3 is 2.71 bits per heavy atom. The molecule has 0 radical (unpaired) electrons. The van der Waals surface area contributed by atoms with E-state index in [9.17, 15) is 9.59 Å². The fraction of sp³-hybridized carbons (Fsp3) is 0.471. The van der Waals surface area contributed by atoms with Gasteiger partial charge in [0, 0.05) is 12.6 Å². The van der Waals surface area contributed by atoms with E-state index in [1.54, 1.807) is 4.57 Å². The van der Waals surface area contributed by atoms with E-state index < -0.39 is 0 Å². The standard InChI is InChI=1S/C17H22N4O2S/c1-11(2)14(15(22)18-10-12-6-4-3-5-7-12)24-17-20-19-16(23)21(17)13-8-9-13/h3-7,11,13-14H,8-10H2,1-2H3,(H,18,22)(H,19,23)/t14-/m1/s1. The Bertz CT molecular complexity index is 749. The van der Waals surface area contributed by atoms with Crippen LogP contribution in [0.2, 0.25) is 0 Å². The Kier molecular flexibility index (Phi) is 5.08. The van der Waals surface area contributed by atoms with E-state index >= 15 is 0 Å². The first-order valence-corrected chi connectivity index (χ1v) is 9.09. The molecule has 0 unspecified atom stereocenters. The van der Waals surface area contributed by atoms with Gasteiger partial charge in [0.25, 0.3) is 0 Å². The van der Waals surface area contributed by atoms with Gasteiger partial charge in [-0.3, -0.25) is 9.36 Å². The summed E-state index contributed by atoms with van der Waals surface area (Å²) < 4.78 is 1.69. The molecule has 0 aliphatic heterocycles. The van der Waals surface area contributed by atoms with E-state index in [-0.39, 0.29) is 28.8 Å². The highest BCUT2D eigenvalue weighted by Crippen LogP contribution is 2.37. The summed E-state index contributed by atoms with van der Waals surface area (Å²) in [5.41, 5.74) is 0.875. The second-order valence-corrected chi connectivity index (χ2v) is 7.51. The molecule has 128 valence electrons. The van der Waals surface area contributed by atoms with Crippen molar-refractivity contribution in [2.45, 2.75) is 49.7 Å². The third kappa shape index (κ3) is 3.90. The zero-order chi connectivity index (χ0) is 17.1. The summed E-state index contributed by atoms with van der Waals surface area (Å²) in [5, 5.41) is 9.92. The first kappa shape index (κ1) is 16.8. The Morgan fingerprint density at radius 1 is 1.38 bits per heavy atom. The van der Waals surface area contributed by atoms with E-state index in [1.165, 1.54) is 11.8 Å². The number of nitrogens with zero attached hydrogens (tertiary/aromatic N) is 2. The highest BCUT2D eigenvalue weighted by atomic mass is 32.2. The molecule has 1 fully saturated rings. The smallest absolute Gasteiger partial charge is 0.344 e. The lowest BCUT2D eigenvalue weighted by atomic mass is 10.1. The van der Waals surface area contributed by atoms with Crippen LogP contribution in [0.3, 0.4) is 0 Å². The van der Waals surface area contributed by atoms with E-state index in [1.807, 2.05) is 44.2 Å². The number of aromatic nitrogens is 3. The first-order chi connectivity index (χ1) is 11.6. The van der Waals surface area contributed by atoms with Gasteiger partial charge in [0.15, 0.2) is 5.16 Å². The number of hydrogen-bond acceptors (Lipinski definition) is 4. The van der Waals surface area contributed by atoms with Gasteiger partial charge in [0.1, 0.15) is 0 Å². The van der Waals surface area contributed by atoms with Crippen molar-refractivity contribution in [2.24, 2.45) is 5.92 Å². The molecule has 6 nitrogen and oxygen atoms in total. The number of H-pyrrole nitrogens is 1. The largest absolute Gasteiger partial charge is 0.351 e. The maximum Gasteiger partial charge on any atom is 0.344 e. The predicted octanol–water partition coefficient (Wildman–Crippen LogP) is 2.34. The summed E-state index contributed by atoms with van der Waals surface area (Å²) in [6.07, 6.45) is 2.00. The lowest BCUT2D eigenvalue weighted by Crippen LogP contribution is -2.35. The maximum absolute atomic E-state index is 12.6. The van der Waals surface area contributed by atoms with Crippen molar-refractivity contribution in [1.82, 2.24) is 20.1 Å². The summed E-state index contributed by atoms with van der Waals surface area (Å²) in [5.74, 6) is 0.0990. The summed E-state index contributed by atoms with van der Waals surface area (Å²) in [4.78, 5) is 24.5. The van der Waals surface area contributed by atoms with Crippen LogP contribution in [0.15, 0.2) is 40.3 Å². The molecule has 24 heavy (non-hydrogen) atoms. The van der Waals surface area contributed by atoms with E-state index in [0.29, 0.717) is 11.7 Å². The maximum atomic E-state index is 12.6. The second kappa shape index (κ2) is 7.25. The molecule has 7 heteroatoms. The number of nitrogens with one attached hydrogen (secondary N) is 2. The quantitative estimate of drug-likeness (QED) is 0.754. The SMILES string of the molecule is CC(C)[C@@H](Sc1n[nH]c(=O)n1C1CC1)C(=O)NCc1ccccc1. The monoisotopic (exact) mass is 346 g/mol. The predicted molar refractivity (Wildman–Crippen MR) is 93.9 cm³/mol. The Morgan fingerprint density at radius 2 is 2.08 bits per heavy atom. The Hall–Kier alpha value is -2.02. The van der Waals surface area contributed by atoms with Crippen molar-refractivity contribution in [3.8, 4) is 0 Å². The minimum atomic E-state index is -0.290. The molecule has 1 aromatic heterocycles. The van der Waals surface area contributed by atoms with Crippen molar-refractivity contribution in [3.05, 3.63) is 46.4 Å². The van der Waals surface area contributed by atoms with Crippen LogP contribution in [0.4, 0.5) is 0 Å². The first-order valence-electron chi connectivity index (χ1n) is 8.21. The Balaban J connectivity index is 1.68. The van der Waals surface area contributed by atoms with Crippen LogP contribution in [0.25, 0.3) is 0 Å². The summed E-state index contributed by atoms with van der Waals surface area (Å²) in [7, 11) is 0. The highest BCUT2D eigenvalue weighted by Gasteiger charge is 2.32. The van der Waals surface area contributed by atoms with E-state index in [0.717, 1.165) is 18.4 Å². The van der Waals surface area contributed by atoms with Crippen molar-refractivity contribution in [1.29, 1.82) is 0 Å². The molecular formula is C17H22N4O2S. The molecule has 1 atom stereocenters. The molecule has 0 bridgehead atoms. The summed E-state index contributed by atoms with van der Waals surface area (Å²) in [6, 6.07) is 10.1. The van der Waals surface area contributed by atoms with Crippen LogP contribution < -0.4 is 11.0 Å². The van der Waals surface area contributed by atoms with Crippen LogP contribution in [-0.2, 0) is 11.3 Å². The van der Waals surface area contributed by atoms with Crippen molar-refractivity contribution in [3.63, 3.8) is 0 Å². The number of carbonyl (C=O) groups excluding carboxylic acids is 1. The van der Waals surface area contributed by atoms with Gasteiger partial charge in [0.05, 0.1) is 5.25 Å². The zero-order valence-corrected chi connectivity index (χ0v) is 14.7. The summed E-state index contributed by atoms with van der Waals surface area (Å²) in [6.45, 7) is 4.51. The number of aromatic amines is 1. The minimum absolute atomic E-state index is 0.0309. The topological polar surface area (TPSA) is 79.8 Å². The molecule has 1 heterocycles. The van der Waals surface area contributed by atoms with Crippen LogP contribution >= 0.6 is 11.8 Å². The molecule has 0 saturated heterocycles. The normalized spacial score (nSPS) is 15.5. The van der Waals surface area contributed by atoms with Gasteiger partial charge in [-0.1, -0.05) is 55.9 Å². The molecule has 1 saturated carbocycles. The van der Waals surface area contributed by atoms with Gasteiger partial charge in [0.2, 0.25) is 5.91 Å².